The number of hydrogen-bond acceptors (Lipinski definition) is 4. The first-order chi connectivity index (χ1) is 14.7. The van der Waals surface area contributed by atoms with Gasteiger partial charge in [0, 0.05) is 11.3 Å². The van der Waals surface area contributed by atoms with Crippen molar-refractivity contribution in [3.63, 3.8) is 0 Å². The predicted octanol–water partition coefficient (Wildman–Crippen LogP) is 2.81. The highest BCUT2D eigenvalue weighted by Gasteiger charge is 2.26. The van der Waals surface area contributed by atoms with Crippen LogP contribution >= 0.6 is 0 Å². The predicted molar refractivity (Wildman–Crippen MR) is 122 cm³/mol. The molecule has 5 N–H and O–H groups in total. The molecule has 3 aromatic rings. The molecule has 0 fully saturated rings. The molecule has 0 spiro atoms. The Balaban J connectivity index is 1.86. The van der Waals surface area contributed by atoms with Crippen LogP contribution in [0.3, 0.4) is 0 Å². The molecule has 0 aliphatic carbocycles. The van der Waals surface area contributed by atoms with E-state index in [1.807, 2.05) is 13.0 Å². The van der Waals surface area contributed by atoms with Crippen LogP contribution in [0.15, 0.2) is 83.8 Å². The zero-order chi connectivity index (χ0) is 22.4. The van der Waals surface area contributed by atoms with Gasteiger partial charge in [0.2, 0.25) is 15.9 Å². The van der Waals surface area contributed by atoms with Crippen molar-refractivity contribution >= 4 is 27.5 Å². The van der Waals surface area contributed by atoms with Gasteiger partial charge in [0.15, 0.2) is 0 Å². The van der Waals surface area contributed by atoms with E-state index in [2.05, 4.69) is 10.0 Å². The average molecular weight is 437 g/mol. The van der Waals surface area contributed by atoms with E-state index in [1.165, 1.54) is 12.1 Å². The minimum absolute atomic E-state index is 0.0648. The summed E-state index contributed by atoms with van der Waals surface area (Å²) in [5, 5.41) is 10.2. The van der Waals surface area contributed by atoms with Gasteiger partial charge in [-0.1, -0.05) is 60.2 Å². The van der Waals surface area contributed by atoms with Crippen LogP contribution < -0.4 is 15.8 Å². The van der Waals surface area contributed by atoms with Gasteiger partial charge in [-0.25, -0.2) is 8.42 Å². The van der Waals surface area contributed by atoms with Crippen molar-refractivity contribution in [3.8, 4) is 0 Å². The second-order valence-electron chi connectivity index (χ2n) is 7.16. The first-order valence-corrected chi connectivity index (χ1v) is 11.1. The summed E-state index contributed by atoms with van der Waals surface area (Å²) >= 11 is 0. The number of amidine groups is 1. The molecule has 3 aromatic carbocycles. The molecule has 1 atom stereocenters. The third-order valence-electron chi connectivity index (χ3n) is 4.69. The molecule has 0 saturated carbocycles. The number of hydrogen-bond donors (Lipinski definition) is 4. The van der Waals surface area contributed by atoms with Crippen molar-refractivity contribution < 1.29 is 13.2 Å². The molecule has 0 heterocycles. The Morgan fingerprint density at radius 1 is 0.968 bits per heavy atom. The van der Waals surface area contributed by atoms with Crippen molar-refractivity contribution in [2.24, 2.45) is 5.73 Å². The molecule has 1 amide bonds. The highest BCUT2D eigenvalue weighted by molar-refractivity contribution is 7.89. The van der Waals surface area contributed by atoms with Gasteiger partial charge < -0.3 is 11.1 Å². The lowest BCUT2D eigenvalue weighted by atomic mass is 10.0. The van der Waals surface area contributed by atoms with Crippen LogP contribution in [0.2, 0.25) is 0 Å². The summed E-state index contributed by atoms with van der Waals surface area (Å²) in [7, 11) is -3.92. The van der Waals surface area contributed by atoms with E-state index in [0.29, 0.717) is 11.3 Å². The van der Waals surface area contributed by atoms with Crippen LogP contribution in [-0.2, 0) is 21.2 Å². The zero-order valence-corrected chi connectivity index (χ0v) is 17.8. The van der Waals surface area contributed by atoms with Crippen LogP contribution in [0.1, 0.15) is 16.7 Å². The fourth-order valence-electron chi connectivity index (χ4n) is 2.97. The highest BCUT2D eigenvalue weighted by Crippen LogP contribution is 2.15. The Labute approximate surface area is 181 Å². The number of nitrogens with one attached hydrogen (secondary N) is 3. The van der Waals surface area contributed by atoms with Gasteiger partial charge in [-0.3, -0.25) is 10.2 Å². The molecular weight excluding hydrogens is 412 g/mol. The van der Waals surface area contributed by atoms with E-state index < -0.39 is 22.0 Å². The summed E-state index contributed by atoms with van der Waals surface area (Å²) in [5.74, 6) is -0.539. The maximum absolute atomic E-state index is 13.0. The molecule has 0 radical (unpaired) electrons. The Hall–Kier alpha value is -3.49. The molecule has 0 aromatic heterocycles. The summed E-state index contributed by atoms with van der Waals surface area (Å²) in [4.78, 5) is 13.0. The largest absolute Gasteiger partial charge is 0.384 e. The maximum Gasteiger partial charge on any atom is 0.242 e. The fourth-order valence-corrected chi connectivity index (χ4v) is 4.16. The third kappa shape index (κ3) is 6.00. The average Bonchev–Trinajstić information content (AvgIpc) is 2.74. The van der Waals surface area contributed by atoms with E-state index >= 15 is 0 Å². The van der Waals surface area contributed by atoms with Gasteiger partial charge in [-0.2, -0.15) is 4.72 Å². The molecule has 0 aliphatic rings. The maximum atomic E-state index is 13.0. The summed E-state index contributed by atoms with van der Waals surface area (Å²) in [5.41, 5.74) is 8.26. The Bertz CT molecular complexity index is 1160. The highest BCUT2D eigenvalue weighted by atomic mass is 32.2. The lowest BCUT2D eigenvalue weighted by Gasteiger charge is -2.19. The zero-order valence-electron chi connectivity index (χ0n) is 17.0. The number of rotatable bonds is 8. The van der Waals surface area contributed by atoms with Crippen LogP contribution in [0, 0.1) is 12.3 Å². The molecule has 0 bridgehead atoms. The molecule has 3 rings (SSSR count). The van der Waals surface area contributed by atoms with Crippen molar-refractivity contribution in [3.05, 3.63) is 95.6 Å². The topological polar surface area (TPSA) is 125 Å². The SMILES string of the molecule is Cc1ccc(S(=O)(=O)NC(Cc2ccc(C(=N)N)cc2)C(=O)Nc2ccccc2)cc1. The van der Waals surface area contributed by atoms with Crippen molar-refractivity contribution in [2.75, 3.05) is 5.32 Å². The number of carbonyl (C=O) groups excluding carboxylic acids is 1. The Morgan fingerprint density at radius 3 is 2.16 bits per heavy atom. The Kier molecular flexibility index (Phi) is 6.84. The van der Waals surface area contributed by atoms with E-state index in [-0.39, 0.29) is 17.2 Å². The van der Waals surface area contributed by atoms with Crippen molar-refractivity contribution in [1.82, 2.24) is 4.72 Å². The third-order valence-corrected chi connectivity index (χ3v) is 6.18. The summed E-state index contributed by atoms with van der Waals surface area (Å²) in [6, 6.07) is 21.0. The minimum atomic E-state index is -3.92. The number of anilines is 1. The number of benzene rings is 3. The summed E-state index contributed by atoms with van der Waals surface area (Å²) in [6.07, 6.45) is 0.127. The number of aryl methyl sites for hydroxylation is 1. The number of para-hydroxylation sites is 1. The molecule has 7 nitrogen and oxygen atoms in total. The second-order valence-corrected chi connectivity index (χ2v) is 8.87. The number of nitrogens with two attached hydrogens (primary N) is 1. The number of nitrogen functional groups attached to an aromatic ring is 1. The van der Waals surface area contributed by atoms with E-state index in [4.69, 9.17) is 11.1 Å². The standard InChI is InChI=1S/C23H24N4O3S/c1-16-7-13-20(14-8-16)31(29,30)27-21(23(28)26-19-5-3-2-4-6-19)15-17-9-11-18(12-10-17)22(24)25/h2-14,21,27H,15H2,1H3,(H3,24,25)(H,26,28). The van der Waals surface area contributed by atoms with Crippen LogP contribution in [0.4, 0.5) is 5.69 Å². The molecule has 0 aliphatic heterocycles. The van der Waals surface area contributed by atoms with Crippen LogP contribution in [0.25, 0.3) is 0 Å². The fraction of sp³-hybridized carbons (Fsp3) is 0.130. The Morgan fingerprint density at radius 2 is 1.58 bits per heavy atom. The minimum Gasteiger partial charge on any atom is -0.384 e. The molecule has 1 unspecified atom stereocenters. The van der Waals surface area contributed by atoms with Gasteiger partial charge in [0.1, 0.15) is 11.9 Å². The smallest absolute Gasteiger partial charge is 0.242 e. The van der Waals surface area contributed by atoms with E-state index in [0.717, 1.165) is 11.1 Å². The first-order valence-electron chi connectivity index (χ1n) is 9.63. The number of amides is 1. The second kappa shape index (κ2) is 9.55. The first kappa shape index (κ1) is 22.2. The lowest BCUT2D eigenvalue weighted by molar-refractivity contribution is -0.117. The number of sulfonamides is 1. The van der Waals surface area contributed by atoms with Crippen LogP contribution in [0.5, 0.6) is 0 Å². The van der Waals surface area contributed by atoms with Gasteiger partial charge >= 0.3 is 0 Å². The summed E-state index contributed by atoms with van der Waals surface area (Å²) < 4.78 is 28.3. The number of carbonyl (C=O) groups is 1. The molecule has 8 heteroatoms. The van der Waals surface area contributed by atoms with Crippen LogP contribution in [-0.4, -0.2) is 26.2 Å². The van der Waals surface area contributed by atoms with Gasteiger partial charge in [-0.05, 0) is 43.2 Å². The van der Waals surface area contributed by atoms with Gasteiger partial charge in [0.05, 0.1) is 4.90 Å². The quantitative estimate of drug-likeness (QED) is 0.320. The monoisotopic (exact) mass is 436 g/mol. The molecule has 0 saturated heterocycles. The molecule has 160 valence electrons. The van der Waals surface area contributed by atoms with E-state index in [9.17, 15) is 13.2 Å². The summed E-state index contributed by atoms with van der Waals surface area (Å²) in [6.45, 7) is 1.87. The van der Waals surface area contributed by atoms with Gasteiger partial charge in [-0.15, -0.1) is 0 Å². The van der Waals surface area contributed by atoms with E-state index in [1.54, 1.807) is 60.7 Å². The van der Waals surface area contributed by atoms with Gasteiger partial charge in [0.25, 0.3) is 0 Å². The normalized spacial score (nSPS) is 12.2. The van der Waals surface area contributed by atoms with Crippen molar-refractivity contribution in [1.29, 1.82) is 5.41 Å². The molecular formula is C23H24N4O3S. The molecule has 31 heavy (non-hydrogen) atoms. The lowest BCUT2D eigenvalue weighted by Crippen LogP contribution is -2.45. The van der Waals surface area contributed by atoms with Crippen molar-refractivity contribution in [2.45, 2.75) is 24.3 Å².